The monoisotopic (exact) mass is 452 g/mol. The number of hydrogen-bond acceptors (Lipinski definition) is 3. The molecule has 4 heterocycles. The van der Waals surface area contributed by atoms with Crippen LogP contribution in [0.1, 0.15) is 42.0 Å². The van der Waals surface area contributed by atoms with Gasteiger partial charge in [-0.15, -0.1) is 0 Å². The number of hydrogen-bond donors (Lipinski definition) is 0. The number of rotatable bonds is 2. The van der Waals surface area contributed by atoms with E-state index < -0.39 is 0 Å². The Balaban J connectivity index is 1.09. The highest BCUT2D eigenvalue weighted by Crippen LogP contribution is 2.78. The lowest BCUT2D eigenvalue weighted by atomic mass is 9.85. The predicted molar refractivity (Wildman–Crippen MR) is 140 cm³/mol. The maximum atomic E-state index is 4.99. The van der Waals surface area contributed by atoms with Crippen molar-refractivity contribution in [2.24, 2.45) is 11.0 Å². The number of anilines is 1. The minimum absolute atomic E-state index is 0.0489. The van der Waals surface area contributed by atoms with Crippen LogP contribution in [-0.4, -0.2) is 21.5 Å². The molecular formula is C31H24N4. The summed E-state index contributed by atoms with van der Waals surface area (Å²) in [6.07, 6.45) is 20.7. The fourth-order valence-electron chi connectivity index (χ4n) is 7.48. The minimum Gasteiger partial charge on any atom is -0.258 e. The zero-order valence-corrected chi connectivity index (χ0v) is 19.3. The highest BCUT2D eigenvalue weighted by Gasteiger charge is 2.82. The van der Waals surface area contributed by atoms with Gasteiger partial charge in [-0.05, 0) is 65.2 Å². The number of nitrogens with zero attached hydrogens (tertiary/aromatic N) is 4. The normalized spacial score (nSPS) is 31.8. The summed E-state index contributed by atoms with van der Waals surface area (Å²) in [4.78, 5) is 0. The average Bonchev–Trinajstić information content (AvgIpc) is 3.79. The molecule has 2 fully saturated rings. The summed E-state index contributed by atoms with van der Waals surface area (Å²) in [6, 6.07) is 18.2. The SMILES string of the molecule is C1=CC=C2CC(=C1)C=Cc1c(-c3ccc(C45C=NN6c7ccccc7C7CC7C64C5)cc3)cnn12. The minimum atomic E-state index is 0.0489. The van der Waals surface area contributed by atoms with Crippen molar-refractivity contribution in [3.05, 3.63) is 108 Å². The van der Waals surface area contributed by atoms with Gasteiger partial charge in [-0.1, -0.05) is 66.8 Å². The van der Waals surface area contributed by atoms with Crippen LogP contribution in [0.2, 0.25) is 0 Å². The lowest BCUT2D eigenvalue weighted by Gasteiger charge is -2.34. The van der Waals surface area contributed by atoms with Gasteiger partial charge in [-0.3, -0.25) is 5.01 Å². The molecule has 4 nitrogen and oxygen atoms in total. The average molecular weight is 453 g/mol. The Morgan fingerprint density at radius 3 is 2.77 bits per heavy atom. The largest absolute Gasteiger partial charge is 0.258 e. The van der Waals surface area contributed by atoms with Crippen LogP contribution in [0.3, 0.4) is 0 Å². The van der Waals surface area contributed by atoms with Crippen molar-refractivity contribution in [1.29, 1.82) is 0 Å². The van der Waals surface area contributed by atoms with Gasteiger partial charge in [0.2, 0.25) is 0 Å². The van der Waals surface area contributed by atoms with E-state index in [1.807, 2.05) is 6.20 Å². The standard InChI is InChI=1S/C31H24N4/c1-2-6-23-15-20(5-1)9-14-28-26(17-32-34(23)28)21-10-12-22(13-11-21)30-18-31(30)27-16-25(27)24-7-3-4-8-29(24)35(31)33-19-30/h1-14,17,19,25,27H,15-16,18H2. The zero-order valence-electron chi connectivity index (χ0n) is 19.3. The van der Waals surface area contributed by atoms with Gasteiger partial charge >= 0.3 is 0 Å². The van der Waals surface area contributed by atoms with Crippen molar-refractivity contribution >= 4 is 23.7 Å². The molecule has 0 radical (unpaired) electrons. The molecule has 35 heavy (non-hydrogen) atoms. The number of benzene rings is 2. The Morgan fingerprint density at radius 1 is 0.943 bits per heavy atom. The number of allylic oxidation sites excluding steroid dienone is 7. The summed E-state index contributed by atoms with van der Waals surface area (Å²) in [7, 11) is 0. The Morgan fingerprint density at radius 2 is 1.83 bits per heavy atom. The quantitative estimate of drug-likeness (QED) is 0.457. The molecule has 1 aromatic heterocycles. The second-order valence-corrected chi connectivity index (χ2v) is 10.9. The molecule has 2 saturated carbocycles. The Kier molecular flexibility index (Phi) is 3.16. The molecular weight excluding hydrogens is 428 g/mol. The van der Waals surface area contributed by atoms with E-state index >= 15 is 0 Å². The zero-order chi connectivity index (χ0) is 22.8. The molecule has 0 amide bonds. The van der Waals surface area contributed by atoms with E-state index in [9.17, 15) is 0 Å². The Bertz CT molecular complexity index is 1600. The van der Waals surface area contributed by atoms with Crippen molar-refractivity contribution in [3.63, 3.8) is 0 Å². The molecule has 1 spiro atoms. The first-order valence-corrected chi connectivity index (χ1v) is 12.7. The first-order chi connectivity index (χ1) is 17.3. The molecule has 3 aromatic rings. The van der Waals surface area contributed by atoms with Crippen LogP contribution in [-0.2, 0) is 5.41 Å². The third-order valence-corrected chi connectivity index (χ3v) is 9.28. The van der Waals surface area contributed by atoms with Crippen LogP contribution in [0.15, 0.2) is 95.8 Å². The summed E-state index contributed by atoms with van der Waals surface area (Å²) in [6.45, 7) is 0. The van der Waals surface area contributed by atoms with E-state index in [4.69, 9.17) is 10.2 Å². The molecule has 0 saturated heterocycles. The van der Waals surface area contributed by atoms with E-state index in [-0.39, 0.29) is 11.0 Å². The van der Waals surface area contributed by atoms with E-state index in [0.717, 1.165) is 18.0 Å². The Labute approximate surface area is 204 Å². The number of aromatic nitrogens is 2. The summed E-state index contributed by atoms with van der Waals surface area (Å²) >= 11 is 0. The molecule has 2 aromatic carbocycles. The van der Waals surface area contributed by atoms with Crippen LogP contribution in [0.4, 0.5) is 5.69 Å². The summed E-state index contributed by atoms with van der Waals surface area (Å²) in [5, 5.41) is 12.1. The Hall–Kier alpha value is -3.92. The van der Waals surface area contributed by atoms with Crippen LogP contribution in [0.25, 0.3) is 22.9 Å². The van der Waals surface area contributed by atoms with Crippen molar-refractivity contribution in [1.82, 2.24) is 9.78 Å². The lowest BCUT2D eigenvalue weighted by molar-refractivity contribution is 0.489. The van der Waals surface area contributed by atoms with Crippen molar-refractivity contribution in [2.75, 3.05) is 5.01 Å². The van der Waals surface area contributed by atoms with E-state index in [0.29, 0.717) is 5.92 Å². The topological polar surface area (TPSA) is 33.4 Å². The second-order valence-electron chi connectivity index (χ2n) is 10.9. The number of para-hydroxylation sites is 1. The lowest BCUT2D eigenvalue weighted by Crippen LogP contribution is -2.41. The maximum absolute atomic E-state index is 4.99. The summed E-state index contributed by atoms with van der Waals surface area (Å²) in [5.74, 6) is 1.43. The third kappa shape index (κ3) is 2.15. The molecule has 4 atom stereocenters. The van der Waals surface area contributed by atoms with Crippen molar-refractivity contribution < 1.29 is 0 Å². The molecule has 2 bridgehead atoms. The number of fused-ring (bicyclic) bond motifs is 8. The molecule has 4 unspecified atom stereocenters. The first-order valence-electron chi connectivity index (χ1n) is 12.7. The van der Waals surface area contributed by atoms with Crippen LogP contribution < -0.4 is 5.01 Å². The summed E-state index contributed by atoms with van der Waals surface area (Å²) < 4.78 is 2.10. The highest BCUT2D eigenvalue weighted by molar-refractivity contribution is 5.92. The van der Waals surface area contributed by atoms with Gasteiger partial charge in [0.1, 0.15) is 0 Å². The molecule has 9 rings (SSSR count). The maximum Gasteiger partial charge on any atom is 0.0828 e. The highest BCUT2D eigenvalue weighted by atomic mass is 15.6. The van der Waals surface area contributed by atoms with Gasteiger partial charge in [0, 0.05) is 23.9 Å². The molecule has 6 aliphatic rings. The van der Waals surface area contributed by atoms with Gasteiger partial charge in [-0.25, -0.2) is 4.68 Å². The molecule has 168 valence electrons. The summed E-state index contributed by atoms with van der Waals surface area (Å²) in [5.41, 5.74) is 10.5. The number of hydrazone groups is 1. The van der Waals surface area contributed by atoms with Crippen molar-refractivity contribution in [2.45, 2.75) is 36.1 Å². The fraction of sp³-hybridized carbons (Fsp3) is 0.226. The molecule has 0 N–H and O–H groups in total. The van der Waals surface area contributed by atoms with Crippen LogP contribution in [0.5, 0.6) is 0 Å². The van der Waals surface area contributed by atoms with Crippen LogP contribution >= 0.6 is 0 Å². The van der Waals surface area contributed by atoms with E-state index in [1.54, 1.807) is 0 Å². The third-order valence-electron chi connectivity index (χ3n) is 9.28. The van der Waals surface area contributed by atoms with Gasteiger partial charge in [0.25, 0.3) is 0 Å². The van der Waals surface area contributed by atoms with Gasteiger partial charge in [-0.2, -0.15) is 10.2 Å². The van der Waals surface area contributed by atoms with Crippen molar-refractivity contribution in [3.8, 4) is 11.1 Å². The smallest absolute Gasteiger partial charge is 0.0828 e. The van der Waals surface area contributed by atoms with Crippen LogP contribution in [0, 0.1) is 5.92 Å². The van der Waals surface area contributed by atoms with E-state index in [2.05, 4.69) is 101 Å². The van der Waals surface area contributed by atoms with Gasteiger partial charge in [0.15, 0.2) is 0 Å². The second kappa shape index (κ2) is 6.01. The van der Waals surface area contributed by atoms with Gasteiger partial charge in [0.05, 0.1) is 28.5 Å². The predicted octanol–water partition coefficient (Wildman–Crippen LogP) is 6.31. The fourth-order valence-corrected chi connectivity index (χ4v) is 7.48. The molecule has 3 aliphatic carbocycles. The molecule has 4 heteroatoms. The van der Waals surface area contributed by atoms with E-state index in [1.165, 1.54) is 52.1 Å². The molecule has 3 aliphatic heterocycles. The first kappa shape index (κ1) is 18.4. The van der Waals surface area contributed by atoms with Gasteiger partial charge < -0.3 is 0 Å².